The molecule has 0 amide bonds. The molecule has 0 fully saturated rings. The fraction of sp³-hybridized carbons (Fsp3) is 0.194. The number of thiol groups is 1. The molecule has 0 atom stereocenters. The largest absolute Gasteiger partial charge is 0.356 e. The number of hydrogen-bond acceptors (Lipinski definition) is 3. The van der Waals surface area contributed by atoms with Crippen LogP contribution in [0.1, 0.15) is 90.8 Å². The quantitative estimate of drug-likeness (QED) is 0.105. The van der Waals surface area contributed by atoms with Crippen molar-refractivity contribution in [2.45, 2.75) is 84.5 Å². The van der Waals surface area contributed by atoms with E-state index in [9.17, 15) is 0 Å². The van der Waals surface area contributed by atoms with E-state index in [4.69, 9.17) is 0 Å². The van der Waals surface area contributed by atoms with Crippen LogP contribution in [0.15, 0.2) is 259 Å². The Bertz CT molecular complexity index is 2850. The van der Waals surface area contributed by atoms with Crippen molar-refractivity contribution in [3.8, 4) is 11.1 Å². The van der Waals surface area contributed by atoms with Crippen molar-refractivity contribution in [2.24, 2.45) is 0 Å². The van der Waals surface area contributed by atoms with Crippen LogP contribution in [0.2, 0.25) is 0 Å². The molecule has 1 spiro atoms. The van der Waals surface area contributed by atoms with Crippen molar-refractivity contribution >= 4 is 46.0 Å². The van der Waals surface area contributed by atoms with Gasteiger partial charge in [0, 0.05) is 40.6 Å². The maximum absolute atomic E-state index is 4.53. The summed E-state index contributed by atoms with van der Waals surface area (Å²) in [7, 11) is 2.15. The second-order valence-corrected chi connectivity index (χ2v) is 16.7. The maximum atomic E-state index is 4.53. The molecule has 1 N–H and O–H groups in total. The molecule has 0 radical (unpaired) electrons. The molecule has 10 rings (SSSR count). The van der Waals surface area contributed by atoms with E-state index in [2.05, 4.69) is 190 Å². The summed E-state index contributed by atoms with van der Waals surface area (Å²) in [6.07, 6.45) is 20.0. The van der Waals surface area contributed by atoms with Crippen molar-refractivity contribution in [3.05, 3.63) is 271 Å². The monoisotopic (exact) mass is 939 g/mol. The summed E-state index contributed by atoms with van der Waals surface area (Å²) >= 11 is 4.53. The van der Waals surface area contributed by atoms with Crippen LogP contribution in [0.3, 0.4) is 0 Å². The Morgan fingerprint density at radius 1 is 0.686 bits per heavy atom. The fourth-order valence-electron chi connectivity index (χ4n) is 9.28. The molecule has 7 aromatic carbocycles. The number of nitrogens with one attached hydrogen (secondary N) is 1. The summed E-state index contributed by atoms with van der Waals surface area (Å²) in [5.41, 5.74) is 15.9. The third kappa shape index (κ3) is 12.2. The highest BCUT2D eigenvalue weighted by molar-refractivity contribution is 7.80. The van der Waals surface area contributed by atoms with Crippen LogP contribution >= 0.6 is 12.6 Å². The van der Waals surface area contributed by atoms with Crippen LogP contribution in [0.5, 0.6) is 0 Å². The molecule has 0 saturated heterocycles. The van der Waals surface area contributed by atoms with Gasteiger partial charge < -0.3 is 10.2 Å². The maximum Gasteiger partial charge on any atom is 0.0722 e. The lowest BCUT2D eigenvalue weighted by molar-refractivity contribution is 0.768. The van der Waals surface area contributed by atoms with Crippen molar-refractivity contribution in [3.63, 3.8) is 0 Å². The fourth-order valence-corrected chi connectivity index (χ4v) is 9.56. The summed E-state index contributed by atoms with van der Waals surface area (Å²) in [6.45, 7) is 22.7. The molecule has 3 heteroatoms. The molecule has 0 aliphatic heterocycles. The number of fused-ring (bicyclic) bond motifs is 7. The van der Waals surface area contributed by atoms with Crippen molar-refractivity contribution < 1.29 is 0 Å². The number of unbranched alkanes of at least 4 members (excludes halogenated alkanes) is 1. The first-order valence-electron chi connectivity index (χ1n) is 25.3. The SMILES string of the molecule is C=C(/C=C\CCC)c1cc(Nc2ccccc2)ccc1S.C=CC1=C(/C=C\N(C)c2cccc3ccccc23)C2=C(C=CCC2)C12c1ccccc1-c1ccccc12.CC.CC.CC.c1ccccc1. The zero-order chi connectivity index (χ0) is 50.3. The minimum absolute atomic E-state index is 0.307. The normalized spacial score (nSPS) is 13.2. The number of benzene rings is 7. The van der Waals surface area contributed by atoms with E-state index in [-0.39, 0.29) is 5.41 Å². The predicted octanol–water partition coefficient (Wildman–Crippen LogP) is 19.8. The van der Waals surface area contributed by atoms with Crippen LogP contribution in [-0.4, -0.2) is 7.05 Å². The highest BCUT2D eigenvalue weighted by Gasteiger charge is 2.52. The van der Waals surface area contributed by atoms with Crippen LogP contribution in [0, 0.1) is 0 Å². The van der Waals surface area contributed by atoms with E-state index >= 15 is 0 Å². The molecule has 0 heterocycles. The first-order valence-corrected chi connectivity index (χ1v) is 25.8. The van der Waals surface area contributed by atoms with Gasteiger partial charge in [-0.2, -0.15) is 0 Å². The van der Waals surface area contributed by atoms with Crippen LogP contribution in [0.25, 0.3) is 27.5 Å². The van der Waals surface area contributed by atoms with Gasteiger partial charge in [-0.15, -0.1) is 12.6 Å². The van der Waals surface area contributed by atoms with Crippen molar-refractivity contribution in [2.75, 3.05) is 17.3 Å². The van der Waals surface area contributed by atoms with E-state index in [0.29, 0.717) is 0 Å². The van der Waals surface area contributed by atoms with Gasteiger partial charge in [0.15, 0.2) is 0 Å². The third-order valence-corrected chi connectivity index (χ3v) is 12.6. The Hall–Kier alpha value is -7.07. The molecular formula is C67H74N2S. The van der Waals surface area contributed by atoms with Gasteiger partial charge in [0.25, 0.3) is 0 Å². The minimum atomic E-state index is -0.307. The van der Waals surface area contributed by atoms with E-state index in [1.54, 1.807) is 0 Å². The average molecular weight is 939 g/mol. The Morgan fingerprint density at radius 3 is 1.89 bits per heavy atom. The molecule has 7 aromatic rings. The number of nitrogens with zero attached hydrogens (tertiary/aromatic N) is 1. The highest BCUT2D eigenvalue weighted by atomic mass is 32.1. The highest BCUT2D eigenvalue weighted by Crippen LogP contribution is 2.63. The lowest BCUT2D eigenvalue weighted by atomic mass is 9.68. The number of rotatable bonds is 10. The van der Waals surface area contributed by atoms with Crippen LogP contribution in [-0.2, 0) is 5.41 Å². The zero-order valence-electron chi connectivity index (χ0n) is 42.9. The molecule has 2 nitrogen and oxygen atoms in total. The Kier molecular flexibility index (Phi) is 21.4. The predicted molar refractivity (Wildman–Crippen MR) is 314 cm³/mol. The summed E-state index contributed by atoms with van der Waals surface area (Å²) in [5, 5.41) is 5.91. The Balaban J connectivity index is 0.000000233. The van der Waals surface area contributed by atoms with E-state index in [1.807, 2.05) is 120 Å². The molecule has 0 bridgehead atoms. The minimum Gasteiger partial charge on any atom is -0.356 e. The van der Waals surface area contributed by atoms with Gasteiger partial charge in [-0.1, -0.05) is 238 Å². The molecule has 3 aliphatic rings. The molecule has 358 valence electrons. The van der Waals surface area contributed by atoms with Crippen molar-refractivity contribution in [1.82, 2.24) is 0 Å². The summed E-state index contributed by atoms with van der Waals surface area (Å²) in [4.78, 5) is 3.19. The third-order valence-electron chi connectivity index (χ3n) is 12.2. The Morgan fingerprint density at radius 2 is 1.26 bits per heavy atom. The van der Waals surface area contributed by atoms with Gasteiger partial charge >= 0.3 is 0 Å². The number of hydrogen-bond donors (Lipinski definition) is 2. The summed E-state index contributed by atoms with van der Waals surface area (Å²) < 4.78 is 0. The van der Waals surface area contributed by atoms with Crippen molar-refractivity contribution in [1.29, 1.82) is 0 Å². The number of para-hydroxylation sites is 1. The Labute approximate surface area is 427 Å². The first-order chi connectivity index (χ1) is 34.4. The van der Waals surface area contributed by atoms with Gasteiger partial charge in [0.1, 0.15) is 0 Å². The molecule has 0 unspecified atom stereocenters. The first kappa shape index (κ1) is 53.9. The second kappa shape index (κ2) is 27.8. The lowest BCUT2D eigenvalue weighted by Crippen LogP contribution is -2.27. The molecule has 3 aliphatic carbocycles. The van der Waals surface area contributed by atoms with E-state index in [1.165, 1.54) is 61.0 Å². The molecule has 0 aromatic heterocycles. The standard InChI is InChI=1S/C36H29N.C19H21NS.C6H6.3C2H6/c1-3-31-30(23-24-37(2)35-22-12-14-25-13-4-5-15-26(25)35)29-18-8-11-21-34(29)36(31)32-19-9-6-16-27(32)28-17-7-10-20-33(28)36;1-3-4-6-9-15(2)18-14-17(12-13-19(18)21)20-16-10-7-5-8-11-16;1-2-4-6-5-3-1;3*1-2/h3-7,9-17,19-24H,1,8,18H2,2H3;5-14,20-21H,2-4H2,1H3;1-6H;3*1-2H3/b24-23-;9-6-;;;;. The molecular weight excluding hydrogens is 865 g/mol. The topological polar surface area (TPSA) is 15.3 Å². The van der Waals surface area contributed by atoms with Gasteiger partial charge in [0.2, 0.25) is 0 Å². The second-order valence-electron chi connectivity index (χ2n) is 16.2. The average Bonchev–Trinajstić information content (AvgIpc) is 3.90. The summed E-state index contributed by atoms with van der Waals surface area (Å²) in [6, 6.07) is 61.2. The van der Waals surface area contributed by atoms with Gasteiger partial charge in [-0.3, -0.25) is 0 Å². The van der Waals surface area contributed by atoms with Crippen LogP contribution < -0.4 is 10.2 Å². The summed E-state index contributed by atoms with van der Waals surface area (Å²) in [5.74, 6) is 0. The van der Waals surface area contributed by atoms with Gasteiger partial charge in [-0.25, -0.2) is 0 Å². The van der Waals surface area contributed by atoms with Gasteiger partial charge in [0.05, 0.1) is 5.41 Å². The smallest absolute Gasteiger partial charge is 0.0722 e. The number of allylic oxidation sites excluding steroid dienone is 11. The number of anilines is 3. The zero-order valence-corrected chi connectivity index (χ0v) is 43.8. The molecule has 70 heavy (non-hydrogen) atoms. The molecule has 0 saturated carbocycles. The lowest BCUT2D eigenvalue weighted by Gasteiger charge is -2.33. The van der Waals surface area contributed by atoms with Crippen LogP contribution in [0.4, 0.5) is 17.1 Å². The van der Waals surface area contributed by atoms with E-state index in [0.717, 1.165) is 53.1 Å². The van der Waals surface area contributed by atoms with Gasteiger partial charge in [-0.05, 0) is 123 Å². The van der Waals surface area contributed by atoms with E-state index < -0.39 is 0 Å².